The van der Waals surface area contributed by atoms with Crippen molar-refractivity contribution in [2.75, 3.05) is 46.4 Å². The standard InChI is InChI=1S/C10H23N3O3S/c1-10(2,8-11)9-12(3)17(14,15)13-4-6-16-7-5-13/h4-9,11H2,1-3H3. The van der Waals surface area contributed by atoms with Crippen molar-refractivity contribution in [2.24, 2.45) is 11.1 Å². The summed E-state index contributed by atoms with van der Waals surface area (Å²) in [5.74, 6) is 0. The molecular formula is C10H23N3O3S. The third kappa shape index (κ3) is 3.89. The minimum Gasteiger partial charge on any atom is -0.379 e. The number of nitrogens with zero attached hydrogens (tertiary/aromatic N) is 2. The molecule has 1 fully saturated rings. The third-order valence-corrected chi connectivity index (χ3v) is 4.83. The first-order valence-electron chi connectivity index (χ1n) is 5.79. The molecule has 1 saturated heterocycles. The van der Waals surface area contributed by atoms with E-state index < -0.39 is 10.2 Å². The van der Waals surface area contributed by atoms with Gasteiger partial charge < -0.3 is 10.5 Å². The van der Waals surface area contributed by atoms with Crippen LogP contribution in [0, 0.1) is 5.41 Å². The van der Waals surface area contributed by atoms with E-state index in [1.165, 1.54) is 8.61 Å². The molecule has 0 aromatic carbocycles. The van der Waals surface area contributed by atoms with E-state index in [0.29, 0.717) is 39.4 Å². The van der Waals surface area contributed by atoms with Gasteiger partial charge in [0.15, 0.2) is 0 Å². The van der Waals surface area contributed by atoms with Gasteiger partial charge in [0.2, 0.25) is 0 Å². The van der Waals surface area contributed by atoms with E-state index >= 15 is 0 Å². The van der Waals surface area contributed by atoms with Crippen LogP contribution in [0.1, 0.15) is 13.8 Å². The second-order valence-corrected chi connectivity index (χ2v) is 7.18. The van der Waals surface area contributed by atoms with Gasteiger partial charge in [-0.2, -0.15) is 17.0 Å². The SMILES string of the molecule is CN(CC(C)(C)CN)S(=O)(=O)N1CCOCC1. The molecular weight excluding hydrogens is 242 g/mol. The Bertz CT molecular complexity index is 337. The molecule has 0 unspecified atom stereocenters. The Labute approximate surface area is 104 Å². The molecule has 1 rings (SSSR count). The van der Waals surface area contributed by atoms with E-state index in [0.717, 1.165) is 0 Å². The summed E-state index contributed by atoms with van der Waals surface area (Å²) in [6, 6.07) is 0. The minimum absolute atomic E-state index is 0.214. The monoisotopic (exact) mass is 265 g/mol. The highest BCUT2D eigenvalue weighted by Crippen LogP contribution is 2.18. The summed E-state index contributed by atoms with van der Waals surface area (Å²) in [6.45, 7) is 6.57. The lowest BCUT2D eigenvalue weighted by Crippen LogP contribution is -2.50. The molecule has 0 bridgehead atoms. The van der Waals surface area contributed by atoms with E-state index in [-0.39, 0.29) is 5.41 Å². The first kappa shape index (κ1) is 14.8. The van der Waals surface area contributed by atoms with Crippen LogP contribution in [0.4, 0.5) is 0 Å². The van der Waals surface area contributed by atoms with Gasteiger partial charge in [-0.05, 0) is 12.0 Å². The first-order valence-corrected chi connectivity index (χ1v) is 7.18. The molecule has 102 valence electrons. The summed E-state index contributed by atoms with van der Waals surface area (Å²) >= 11 is 0. The van der Waals surface area contributed by atoms with Gasteiger partial charge in [-0.25, -0.2) is 0 Å². The van der Waals surface area contributed by atoms with Gasteiger partial charge >= 0.3 is 0 Å². The zero-order valence-corrected chi connectivity index (χ0v) is 11.7. The van der Waals surface area contributed by atoms with Crippen molar-refractivity contribution in [3.05, 3.63) is 0 Å². The predicted octanol–water partition coefficient (Wildman–Crippen LogP) is -0.520. The molecule has 1 aliphatic rings. The van der Waals surface area contributed by atoms with Crippen LogP contribution in [0.5, 0.6) is 0 Å². The van der Waals surface area contributed by atoms with E-state index in [9.17, 15) is 8.42 Å². The highest BCUT2D eigenvalue weighted by atomic mass is 32.2. The summed E-state index contributed by atoms with van der Waals surface area (Å²) in [6.07, 6.45) is 0. The van der Waals surface area contributed by atoms with Crippen molar-refractivity contribution < 1.29 is 13.2 Å². The lowest BCUT2D eigenvalue weighted by atomic mass is 9.94. The van der Waals surface area contributed by atoms with Crippen LogP contribution in [0.2, 0.25) is 0 Å². The molecule has 0 aromatic heterocycles. The molecule has 0 aromatic rings. The summed E-state index contributed by atoms with van der Waals surface area (Å²) in [4.78, 5) is 0. The van der Waals surface area contributed by atoms with Crippen molar-refractivity contribution in [2.45, 2.75) is 13.8 Å². The topological polar surface area (TPSA) is 75.9 Å². The third-order valence-electron chi connectivity index (χ3n) is 2.89. The number of hydrogen-bond donors (Lipinski definition) is 1. The molecule has 0 saturated carbocycles. The van der Waals surface area contributed by atoms with Crippen LogP contribution < -0.4 is 5.73 Å². The summed E-state index contributed by atoms with van der Waals surface area (Å²) < 4.78 is 32.5. The van der Waals surface area contributed by atoms with E-state index in [4.69, 9.17) is 10.5 Å². The molecule has 1 aliphatic heterocycles. The number of ether oxygens (including phenoxy) is 1. The number of morpholine rings is 1. The number of rotatable bonds is 5. The summed E-state index contributed by atoms with van der Waals surface area (Å²) in [5.41, 5.74) is 5.41. The number of hydrogen-bond acceptors (Lipinski definition) is 4. The van der Waals surface area contributed by atoms with E-state index in [1.54, 1.807) is 7.05 Å². The van der Waals surface area contributed by atoms with Gasteiger partial charge in [-0.1, -0.05) is 13.8 Å². The molecule has 0 amide bonds. The van der Waals surface area contributed by atoms with Crippen molar-refractivity contribution in [3.8, 4) is 0 Å². The average Bonchev–Trinajstić information content (AvgIpc) is 2.29. The molecule has 0 aliphatic carbocycles. The Morgan fingerprint density at radius 2 is 1.88 bits per heavy atom. The number of nitrogens with two attached hydrogens (primary N) is 1. The largest absolute Gasteiger partial charge is 0.379 e. The van der Waals surface area contributed by atoms with E-state index in [2.05, 4.69) is 0 Å². The van der Waals surface area contributed by atoms with E-state index in [1.807, 2.05) is 13.8 Å². The molecule has 17 heavy (non-hydrogen) atoms. The molecule has 0 spiro atoms. The zero-order chi connectivity index (χ0) is 13.1. The quantitative estimate of drug-likeness (QED) is 0.726. The average molecular weight is 265 g/mol. The second kappa shape index (κ2) is 5.62. The van der Waals surface area contributed by atoms with Crippen LogP contribution in [-0.4, -0.2) is 63.5 Å². The highest BCUT2D eigenvalue weighted by molar-refractivity contribution is 7.86. The van der Waals surface area contributed by atoms with Crippen LogP contribution >= 0.6 is 0 Å². The maximum absolute atomic E-state index is 12.2. The van der Waals surface area contributed by atoms with Crippen LogP contribution in [0.3, 0.4) is 0 Å². The van der Waals surface area contributed by atoms with Crippen molar-refractivity contribution in [3.63, 3.8) is 0 Å². The second-order valence-electron chi connectivity index (χ2n) is 5.14. The van der Waals surface area contributed by atoms with Gasteiger partial charge in [0, 0.05) is 26.7 Å². The normalized spacial score (nSPS) is 19.8. The summed E-state index contributed by atoms with van der Waals surface area (Å²) in [5, 5.41) is 0. The maximum atomic E-state index is 12.2. The van der Waals surface area contributed by atoms with Crippen LogP contribution in [0.25, 0.3) is 0 Å². The fraction of sp³-hybridized carbons (Fsp3) is 1.00. The zero-order valence-electron chi connectivity index (χ0n) is 10.8. The van der Waals surface area contributed by atoms with Gasteiger partial charge in [0.05, 0.1) is 13.2 Å². The van der Waals surface area contributed by atoms with Crippen LogP contribution in [0.15, 0.2) is 0 Å². The molecule has 2 N–H and O–H groups in total. The fourth-order valence-electron chi connectivity index (χ4n) is 1.72. The van der Waals surface area contributed by atoms with Crippen molar-refractivity contribution in [1.82, 2.24) is 8.61 Å². The van der Waals surface area contributed by atoms with Crippen molar-refractivity contribution >= 4 is 10.2 Å². The minimum atomic E-state index is -3.37. The maximum Gasteiger partial charge on any atom is 0.281 e. The Morgan fingerprint density at radius 1 is 1.35 bits per heavy atom. The fourth-order valence-corrected chi connectivity index (χ4v) is 3.24. The molecule has 0 radical (unpaired) electrons. The van der Waals surface area contributed by atoms with Crippen LogP contribution in [-0.2, 0) is 14.9 Å². The first-order chi connectivity index (χ1) is 7.79. The Kier molecular flexibility index (Phi) is 4.91. The van der Waals surface area contributed by atoms with Gasteiger partial charge in [-0.15, -0.1) is 0 Å². The summed E-state index contributed by atoms with van der Waals surface area (Å²) in [7, 11) is -1.77. The molecule has 0 atom stereocenters. The Morgan fingerprint density at radius 3 is 2.35 bits per heavy atom. The molecule has 6 nitrogen and oxygen atoms in total. The predicted molar refractivity (Wildman–Crippen MR) is 66.8 cm³/mol. The Hall–Kier alpha value is -0.210. The van der Waals surface area contributed by atoms with Gasteiger partial charge in [0.25, 0.3) is 10.2 Å². The highest BCUT2D eigenvalue weighted by Gasteiger charge is 2.31. The molecule has 1 heterocycles. The van der Waals surface area contributed by atoms with Gasteiger partial charge in [-0.3, -0.25) is 0 Å². The smallest absolute Gasteiger partial charge is 0.281 e. The Balaban J connectivity index is 2.69. The van der Waals surface area contributed by atoms with Crippen molar-refractivity contribution in [1.29, 1.82) is 0 Å². The van der Waals surface area contributed by atoms with Gasteiger partial charge in [0.1, 0.15) is 0 Å². The lowest BCUT2D eigenvalue weighted by Gasteiger charge is -2.34. The lowest BCUT2D eigenvalue weighted by molar-refractivity contribution is 0.0700. The molecule has 7 heteroatoms.